The summed E-state index contributed by atoms with van der Waals surface area (Å²) in [6, 6.07) is 5.24. The van der Waals surface area contributed by atoms with Gasteiger partial charge in [-0.15, -0.1) is 0 Å². The summed E-state index contributed by atoms with van der Waals surface area (Å²) in [5.41, 5.74) is 7.22. The number of rotatable bonds is 2. The number of benzene rings is 1. The molecule has 0 radical (unpaired) electrons. The summed E-state index contributed by atoms with van der Waals surface area (Å²) in [6.45, 7) is 0.751. The van der Waals surface area contributed by atoms with Crippen molar-refractivity contribution >= 4 is 11.4 Å². The van der Waals surface area contributed by atoms with Crippen LogP contribution in [-0.4, -0.2) is 26.4 Å². The molecule has 0 unspecified atom stereocenters. The zero-order valence-electron chi connectivity index (χ0n) is 10.7. The van der Waals surface area contributed by atoms with Crippen LogP contribution in [0.5, 0.6) is 5.75 Å². The molecule has 1 fully saturated rings. The summed E-state index contributed by atoms with van der Waals surface area (Å²) in [4.78, 5) is 1.90. The van der Waals surface area contributed by atoms with Crippen LogP contribution in [-0.2, 0) is 0 Å². The van der Waals surface area contributed by atoms with E-state index < -0.39 is 12.1 Å². The molecule has 0 atom stereocenters. The van der Waals surface area contributed by atoms with E-state index in [2.05, 4.69) is 0 Å². The average Bonchev–Trinajstić information content (AvgIpc) is 2.37. The number of piperidine rings is 1. The predicted molar refractivity (Wildman–Crippen MR) is 68.4 cm³/mol. The molecule has 0 amide bonds. The van der Waals surface area contributed by atoms with Crippen molar-refractivity contribution in [2.24, 2.45) is 5.92 Å². The highest BCUT2D eigenvalue weighted by molar-refractivity contribution is 5.69. The number of alkyl halides is 3. The number of hydrogen-bond donors (Lipinski definition) is 1. The molecule has 1 aliphatic heterocycles. The van der Waals surface area contributed by atoms with Gasteiger partial charge < -0.3 is 15.4 Å². The van der Waals surface area contributed by atoms with Gasteiger partial charge in [0.1, 0.15) is 5.75 Å². The number of nitrogen functional groups attached to an aromatic ring is 1. The van der Waals surface area contributed by atoms with Crippen molar-refractivity contribution in [1.29, 1.82) is 0 Å². The smallest absolute Gasteiger partial charge is 0.391 e. The number of methoxy groups -OCH3 is 1. The highest BCUT2D eigenvalue weighted by atomic mass is 19.4. The fourth-order valence-corrected chi connectivity index (χ4v) is 2.40. The molecule has 1 saturated heterocycles. The van der Waals surface area contributed by atoms with Crippen LogP contribution >= 0.6 is 0 Å². The van der Waals surface area contributed by atoms with Crippen LogP contribution in [0.3, 0.4) is 0 Å². The largest absolute Gasteiger partial charge is 0.497 e. The van der Waals surface area contributed by atoms with Crippen LogP contribution in [0, 0.1) is 5.92 Å². The molecule has 2 rings (SSSR count). The summed E-state index contributed by atoms with van der Waals surface area (Å²) >= 11 is 0. The van der Waals surface area contributed by atoms with Crippen molar-refractivity contribution in [3.8, 4) is 5.75 Å². The molecule has 3 nitrogen and oxygen atoms in total. The second-order valence-corrected chi connectivity index (χ2v) is 4.73. The normalized spacial score (nSPS) is 17.6. The lowest BCUT2D eigenvalue weighted by Gasteiger charge is -2.35. The zero-order valence-corrected chi connectivity index (χ0v) is 10.7. The second-order valence-electron chi connectivity index (χ2n) is 4.73. The van der Waals surface area contributed by atoms with E-state index in [0.29, 0.717) is 24.5 Å². The quantitative estimate of drug-likeness (QED) is 0.842. The van der Waals surface area contributed by atoms with Gasteiger partial charge in [0, 0.05) is 19.2 Å². The van der Waals surface area contributed by atoms with Gasteiger partial charge >= 0.3 is 6.18 Å². The van der Waals surface area contributed by atoms with Crippen molar-refractivity contribution in [1.82, 2.24) is 0 Å². The van der Waals surface area contributed by atoms with Crippen LogP contribution in [0.2, 0.25) is 0 Å². The second kappa shape index (κ2) is 5.19. The number of anilines is 2. The van der Waals surface area contributed by atoms with Crippen LogP contribution in [0.4, 0.5) is 24.5 Å². The Morgan fingerprint density at radius 2 is 1.89 bits per heavy atom. The number of halogens is 3. The van der Waals surface area contributed by atoms with Gasteiger partial charge in [0.2, 0.25) is 0 Å². The van der Waals surface area contributed by atoms with E-state index in [-0.39, 0.29) is 12.8 Å². The molecule has 0 bridgehead atoms. The van der Waals surface area contributed by atoms with Gasteiger partial charge in [-0.1, -0.05) is 0 Å². The molecule has 1 aromatic carbocycles. The maximum Gasteiger partial charge on any atom is 0.391 e. The summed E-state index contributed by atoms with van der Waals surface area (Å²) < 4.78 is 42.8. The fourth-order valence-electron chi connectivity index (χ4n) is 2.40. The molecule has 1 heterocycles. The van der Waals surface area contributed by atoms with E-state index in [1.807, 2.05) is 4.90 Å². The molecule has 1 aromatic rings. The zero-order chi connectivity index (χ0) is 14.0. The van der Waals surface area contributed by atoms with E-state index in [4.69, 9.17) is 10.5 Å². The number of nitrogens with two attached hydrogens (primary N) is 1. The first-order valence-corrected chi connectivity index (χ1v) is 6.17. The van der Waals surface area contributed by atoms with Crippen molar-refractivity contribution < 1.29 is 17.9 Å². The van der Waals surface area contributed by atoms with Crippen LogP contribution in [0.15, 0.2) is 18.2 Å². The summed E-state index contributed by atoms with van der Waals surface area (Å²) in [5.74, 6) is -0.547. The van der Waals surface area contributed by atoms with Crippen LogP contribution in [0.25, 0.3) is 0 Å². The third-order valence-electron chi connectivity index (χ3n) is 3.53. The molecule has 19 heavy (non-hydrogen) atoms. The molecule has 6 heteroatoms. The number of nitrogens with zero attached hydrogens (tertiary/aromatic N) is 1. The van der Waals surface area contributed by atoms with E-state index in [0.717, 1.165) is 5.69 Å². The summed E-state index contributed by atoms with van der Waals surface area (Å²) in [7, 11) is 1.54. The van der Waals surface area contributed by atoms with Gasteiger partial charge in [-0.05, 0) is 25.0 Å². The summed E-state index contributed by atoms with van der Waals surface area (Å²) in [6.07, 6.45) is -3.85. The Morgan fingerprint density at radius 1 is 1.26 bits per heavy atom. The number of ether oxygens (including phenoxy) is 1. The van der Waals surface area contributed by atoms with E-state index in [9.17, 15) is 13.2 Å². The maximum atomic E-state index is 12.6. The molecule has 1 aliphatic rings. The molecule has 0 aromatic heterocycles. The third kappa shape index (κ3) is 3.05. The first kappa shape index (κ1) is 13.8. The Bertz CT molecular complexity index is 440. The van der Waals surface area contributed by atoms with Gasteiger partial charge in [-0.3, -0.25) is 0 Å². The molecule has 0 saturated carbocycles. The Balaban J connectivity index is 2.06. The molecule has 0 spiro atoms. The van der Waals surface area contributed by atoms with Crippen LogP contribution in [0.1, 0.15) is 12.8 Å². The molecule has 106 valence electrons. The lowest BCUT2D eigenvalue weighted by atomic mass is 9.96. The van der Waals surface area contributed by atoms with Gasteiger partial charge in [0.15, 0.2) is 0 Å². The minimum absolute atomic E-state index is 0.120. The van der Waals surface area contributed by atoms with Gasteiger partial charge in [-0.2, -0.15) is 13.2 Å². The average molecular weight is 274 g/mol. The number of hydrogen-bond acceptors (Lipinski definition) is 3. The topological polar surface area (TPSA) is 38.5 Å². The fraction of sp³-hybridized carbons (Fsp3) is 0.538. The summed E-state index contributed by atoms with van der Waals surface area (Å²) in [5, 5.41) is 0. The minimum Gasteiger partial charge on any atom is -0.497 e. The first-order valence-electron chi connectivity index (χ1n) is 6.17. The van der Waals surface area contributed by atoms with E-state index >= 15 is 0 Å². The van der Waals surface area contributed by atoms with Crippen LogP contribution < -0.4 is 15.4 Å². The highest BCUT2D eigenvalue weighted by Crippen LogP contribution is 2.37. The Hall–Kier alpha value is -1.59. The SMILES string of the molecule is COc1ccc(N2CCC(C(F)(F)F)CC2)c(N)c1. The molecular formula is C13H17F3N2O. The van der Waals surface area contributed by atoms with E-state index in [1.165, 1.54) is 0 Å². The lowest BCUT2D eigenvalue weighted by Crippen LogP contribution is -2.39. The highest BCUT2D eigenvalue weighted by Gasteiger charge is 2.41. The maximum absolute atomic E-state index is 12.6. The van der Waals surface area contributed by atoms with Gasteiger partial charge in [-0.25, -0.2) is 0 Å². The van der Waals surface area contributed by atoms with Crippen molar-refractivity contribution in [3.05, 3.63) is 18.2 Å². The molecular weight excluding hydrogens is 257 g/mol. The van der Waals surface area contributed by atoms with E-state index in [1.54, 1.807) is 25.3 Å². The van der Waals surface area contributed by atoms with Crippen molar-refractivity contribution in [2.45, 2.75) is 19.0 Å². The van der Waals surface area contributed by atoms with Crippen molar-refractivity contribution in [2.75, 3.05) is 30.8 Å². The standard InChI is InChI=1S/C13H17F3N2O/c1-19-10-2-3-12(11(17)8-10)18-6-4-9(5-7-18)13(14,15)16/h2-3,8-9H,4-7,17H2,1H3. The lowest BCUT2D eigenvalue weighted by molar-refractivity contribution is -0.179. The molecule has 0 aliphatic carbocycles. The Labute approximate surface area is 110 Å². The molecule has 2 N–H and O–H groups in total. The van der Waals surface area contributed by atoms with Gasteiger partial charge in [0.05, 0.1) is 24.4 Å². The Morgan fingerprint density at radius 3 is 2.37 bits per heavy atom. The third-order valence-corrected chi connectivity index (χ3v) is 3.53. The predicted octanol–water partition coefficient (Wildman–Crippen LogP) is 3.06. The minimum atomic E-state index is -4.09. The first-order chi connectivity index (χ1) is 8.91. The van der Waals surface area contributed by atoms with Crippen molar-refractivity contribution in [3.63, 3.8) is 0 Å². The monoisotopic (exact) mass is 274 g/mol. The van der Waals surface area contributed by atoms with Gasteiger partial charge in [0.25, 0.3) is 0 Å². The Kier molecular flexibility index (Phi) is 3.78.